The summed E-state index contributed by atoms with van der Waals surface area (Å²) in [5.41, 5.74) is 0.384. The number of likely N-dealkylation sites (tertiary alicyclic amines) is 1. The molecular weight excluding hydrogens is 364 g/mol. The Hall–Kier alpha value is -1.95. The molecule has 0 N–H and O–H groups in total. The van der Waals surface area contributed by atoms with Crippen molar-refractivity contribution in [3.8, 4) is 6.07 Å². The summed E-state index contributed by atoms with van der Waals surface area (Å²) in [6, 6.07) is 8.78. The van der Waals surface area contributed by atoms with Crippen LogP contribution in [0.5, 0.6) is 0 Å². The van der Waals surface area contributed by atoms with Gasteiger partial charge in [0.25, 0.3) is 5.91 Å². The third kappa shape index (κ3) is 4.15. The van der Waals surface area contributed by atoms with Crippen LogP contribution in [0.4, 0.5) is 0 Å². The molecule has 2 heterocycles. The summed E-state index contributed by atoms with van der Waals surface area (Å²) in [5, 5.41) is 8.99. The zero-order valence-corrected chi connectivity index (χ0v) is 16.7. The second-order valence-electron chi connectivity index (χ2n) is 7.49. The van der Waals surface area contributed by atoms with E-state index in [0.29, 0.717) is 44.6 Å². The lowest BCUT2D eigenvalue weighted by Crippen LogP contribution is -2.38. The predicted molar refractivity (Wildman–Crippen MR) is 102 cm³/mol. The molecule has 1 amide bonds. The Kier molecular flexibility index (Phi) is 5.84. The van der Waals surface area contributed by atoms with Crippen LogP contribution in [0.25, 0.3) is 0 Å². The molecule has 2 fully saturated rings. The van der Waals surface area contributed by atoms with Crippen molar-refractivity contribution in [2.75, 3.05) is 40.3 Å². The van der Waals surface area contributed by atoms with Crippen LogP contribution in [0.3, 0.4) is 0 Å². The van der Waals surface area contributed by atoms with Crippen molar-refractivity contribution in [3.63, 3.8) is 0 Å². The van der Waals surface area contributed by atoms with Gasteiger partial charge in [0.1, 0.15) is 0 Å². The lowest BCUT2D eigenvalue weighted by Gasteiger charge is -2.29. The third-order valence-corrected chi connectivity index (χ3v) is 7.40. The molecule has 1 aromatic carbocycles. The van der Waals surface area contributed by atoms with Crippen LogP contribution in [0.1, 0.15) is 29.6 Å². The van der Waals surface area contributed by atoms with Crippen LogP contribution >= 0.6 is 0 Å². The van der Waals surface area contributed by atoms with E-state index in [-0.39, 0.29) is 22.8 Å². The highest BCUT2D eigenvalue weighted by molar-refractivity contribution is 7.89. The van der Waals surface area contributed by atoms with Crippen molar-refractivity contribution in [2.45, 2.75) is 30.2 Å². The number of piperidine rings is 1. The largest absolute Gasteiger partial charge is 0.339 e. The van der Waals surface area contributed by atoms with E-state index in [1.54, 1.807) is 23.1 Å². The molecule has 8 heteroatoms. The molecule has 2 saturated heterocycles. The molecule has 7 nitrogen and oxygen atoms in total. The summed E-state index contributed by atoms with van der Waals surface area (Å²) in [7, 11) is 0.296. The molecule has 0 spiro atoms. The van der Waals surface area contributed by atoms with E-state index in [0.717, 1.165) is 6.42 Å². The maximum atomic E-state index is 13.0. The van der Waals surface area contributed by atoms with Crippen LogP contribution in [0.15, 0.2) is 29.2 Å². The van der Waals surface area contributed by atoms with Crippen molar-refractivity contribution in [1.29, 1.82) is 5.26 Å². The number of hydrogen-bond donors (Lipinski definition) is 0. The van der Waals surface area contributed by atoms with Crippen molar-refractivity contribution in [1.82, 2.24) is 14.1 Å². The van der Waals surface area contributed by atoms with Gasteiger partial charge in [-0.1, -0.05) is 6.07 Å². The number of nitrogens with zero attached hydrogens (tertiary/aromatic N) is 4. The lowest BCUT2D eigenvalue weighted by molar-refractivity contribution is 0.0707. The van der Waals surface area contributed by atoms with E-state index >= 15 is 0 Å². The van der Waals surface area contributed by atoms with Gasteiger partial charge in [-0.25, -0.2) is 8.42 Å². The number of hydrogen-bond acceptors (Lipinski definition) is 5. The Labute approximate surface area is 161 Å². The number of benzene rings is 1. The number of carbonyl (C=O) groups excluding carboxylic acids is 1. The Morgan fingerprint density at radius 2 is 1.89 bits per heavy atom. The molecule has 0 unspecified atom stereocenters. The van der Waals surface area contributed by atoms with Gasteiger partial charge in [-0.3, -0.25) is 4.79 Å². The van der Waals surface area contributed by atoms with Crippen LogP contribution in [-0.4, -0.2) is 74.7 Å². The Balaban J connectivity index is 1.75. The standard InChI is InChI=1S/C19H26N4O3S/c1-21(2)17-8-11-23(14-17)27(25,26)18-5-3-4-16(12-18)19(24)22-9-6-15(13-20)7-10-22/h3-5,12,15,17H,6-11,14H2,1-2H3/t17-/m0/s1. The molecular formula is C19H26N4O3S. The Morgan fingerprint density at radius 3 is 2.48 bits per heavy atom. The fourth-order valence-electron chi connectivity index (χ4n) is 3.68. The first-order valence-electron chi connectivity index (χ1n) is 9.28. The molecule has 0 saturated carbocycles. The van der Waals surface area contributed by atoms with E-state index in [4.69, 9.17) is 5.26 Å². The maximum Gasteiger partial charge on any atom is 0.253 e. The molecule has 1 aromatic rings. The average Bonchev–Trinajstić information content (AvgIpc) is 3.19. The SMILES string of the molecule is CN(C)[C@H]1CCN(S(=O)(=O)c2cccc(C(=O)N3CCC(C#N)CC3)c2)C1. The van der Waals surface area contributed by atoms with Gasteiger partial charge in [0, 0.05) is 43.7 Å². The van der Waals surface area contributed by atoms with E-state index in [1.807, 2.05) is 19.0 Å². The highest BCUT2D eigenvalue weighted by atomic mass is 32.2. The van der Waals surface area contributed by atoms with E-state index in [1.165, 1.54) is 10.4 Å². The molecule has 2 aliphatic rings. The lowest BCUT2D eigenvalue weighted by atomic mass is 9.98. The topological polar surface area (TPSA) is 84.7 Å². The third-order valence-electron chi connectivity index (χ3n) is 5.54. The second kappa shape index (κ2) is 7.97. The summed E-state index contributed by atoms with van der Waals surface area (Å²) in [6.45, 7) is 2.02. The van der Waals surface area contributed by atoms with Crippen molar-refractivity contribution >= 4 is 15.9 Å². The van der Waals surface area contributed by atoms with Crippen molar-refractivity contribution < 1.29 is 13.2 Å². The average molecular weight is 391 g/mol. The van der Waals surface area contributed by atoms with Gasteiger partial charge in [-0.2, -0.15) is 9.57 Å². The normalized spacial score (nSPS) is 22.1. The van der Waals surface area contributed by atoms with Crippen LogP contribution in [0.2, 0.25) is 0 Å². The number of amides is 1. The van der Waals surface area contributed by atoms with Crippen LogP contribution in [0, 0.1) is 17.2 Å². The van der Waals surface area contributed by atoms with Crippen LogP contribution < -0.4 is 0 Å². The van der Waals surface area contributed by atoms with Crippen LogP contribution in [-0.2, 0) is 10.0 Å². The quantitative estimate of drug-likeness (QED) is 0.776. The highest BCUT2D eigenvalue weighted by Gasteiger charge is 2.34. The highest BCUT2D eigenvalue weighted by Crippen LogP contribution is 2.24. The molecule has 0 radical (unpaired) electrons. The van der Waals surface area contributed by atoms with Gasteiger partial charge < -0.3 is 9.80 Å². The molecule has 0 aliphatic carbocycles. The monoisotopic (exact) mass is 390 g/mol. The summed E-state index contributed by atoms with van der Waals surface area (Å²) < 4.78 is 27.5. The molecule has 2 aliphatic heterocycles. The minimum absolute atomic E-state index is 0.000529. The molecule has 146 valence electrons. The van der Waals surface area contributed by atoms with Gasteiger partial charge in [0.05, 0.1) is 11.0 Å². The molecule has 3 rings (SSSR count). The first-order chi connectivity index (χ1) is 12.8. The van der Waals surface area contributed by atoms with Crippen molar-refractivity contribution in [2.24, 2.45) is 5.92 Å². The fourth-order valence-corrected chi connectivity index (χ4v) is 5.22. The van der Waals surface area contributed by atoms with E-state index in [2.05, 4.69) is 6.07 Å². The number of rotatable bonds is 4. The van der Waals surface area contributed by atoms with E-state index < -0.39 is 10.0 Å². The summed E-state index contributed by atoms with van der Waals surface area (Å²) in [6.07, 6.45) is 2.14. The second-order valence-corrected chi connectivity index (χ2v) is 9.43. The number of carbonyl (C=O) groups is 1. The first kappa shape index (κ1) is 19.8. The molecule has 0 bridgehead atoms. The van der Waals surface area contributed by atoms with Gasteiger partial charge in [0.2, 0.25) is 10.0 Å². The zero-order valence-electron chi connectivity index (χ0n) is 15.8. The van der Waals surface area contributed by atoms with Gasteiger partial charge in [-0.15, -0.1) is 0 Å². The first-order valence-corrected chi connectivity index (χ1v) is 10.7. The Bertz CT molecular complexity index is 839. The summed E-state index contributed by atoms with van der Waals surface area (Å²) >= 11 is 0. The fraction of sp³-hybridized carbons (Fsp3) is 0.579. The Morgan fingerprint density at radius 1 is 1.19 bits per heavy atom. The number of likely N-dealkylation sites (N-methyl/N-ethyl adjacent to an activating group) is 1. The molecule has 27 heavy (non-hydrogen) atoms. The maximum absolute atomic E-state index is 13.0. The van der Waals surface area contributed by atoms with Gasteiger partial charge in [0.15, 0.2) is 0 Å². The summed E-state index contributed by atoms with van der Waals surface area (Å²) in [5.74, 6) is -0.170. The minimum atomic E-state index is -3.61. The van der Waals surface area contributed by atoms with Crippen molar-refractivity contribution in [3.05, 3.63) is 29.8 Å². The number of nitriles is 1. The smallest absolute Gasteiger partial charge is 0.253 e. The minimum Gasteiger partial charge on any atom is -0.339 e. The van der Waals surface area contributed by atoms with Gasteiger partial charge >= 0.3 is 0 Å². The van der Waals surface area contributed by atoms with E-state index in [9.17, 15) is 13.2 Å². The molecule has 0 aromatic heterocycles. The predicted octanol–water partition coefficient (Wildman–Crippen LogP) is 1.39. The summed E-state index contributed by atoms with van der Waals surface area (Å²) in [4.78, 5) is 16.7. The molecule has 1 atom stereocenters. The zero-order chi connectivity index (χ0) is 19.6. The number of sulfonamides is 1. The van der Waals surface area contributed by atoms with Gasteiger partial charge in [-0.05, 0) is 51.6 Å².